The summed E-state index contributed by atoms with van der Waals surface area (Å²) in [5.74, 6) is -1.57. The van der Waals surface area contributed by atoms with Gasteiger partial charge in [-0.1, -0.05) is 25.8 Å². The molecule has 0 rings (SSSR count). The van der Waals surface area contributed by atoms with E-state index in [1.165, 1.54) is 7.11 Å². The van der Waals surface area contributed by atoms with Crippen LogP contribution in [0.2, 0.25) is 0 Å². The van der Waals surface area contributed by atoms with Crippen molar-refractivity contribution in [3.8, 4) is 0 Å². The molecule has 0 fully saturated rings. The number of ether oxygens (including phenoxy) is 1. The Bertz CT molecular complexity index is 230. The van der Waals surface area contributed by atoms with Crippen LogP contribution in [0, 0.1) is 0 Å². The first kappa shape index (κ1) is 12.7. The Morgan fingerprint density at radius 3 is 2.50 bits per heavy atom. The third-order valence-corrected chi connectivity index (χ3v) is 1.74. The van der Waals surface area contributed by atoms with Gasteiger partial charge >= 0.3 is 11.9 Å². The van der Waals surface area contributed by atoms with Gasteiger partial charge in [-0.15, -0.1) is 0 Å². The quantitative estimate of drug-likeness (QED) is 0.403. The van der Waals surface area contributed by atoms with Crippen LogP contribution in [0.15, 0.2) is 11.6 Å². The van der Waals surface area contributed by atoms with Crippen LogP contribution in [-0.2, 0) is 14.3 Å². The fraction of sp³-hybridized carbons (Fsp3) is 0.600. The molecule has 80 valence electrons. The lowest BCUT2D eigenvalue weighted by atomic mass is 10.1. The van der Waals surface area contributed by atoms with Crippen LogP contribution in [0.3, 0.4) is 0 Å². The summed E-state index contributed by atoms with van der Waals surface area (Å²) in [4.78, 5) is 21.5. The van der Waals surface area contributed by atoms with Crippen LogP contribution < -0.4 is 0 Å². The smallest absolute Gasteiger partial charge is 0.333 e. The molecule has 0 aliphatic rings. The predicted octanol–water partition coefficient (Wildman–Crippen LogP) is 1.75. The van der Waals surface area contributed by atoms with Crippen molar-refractivity contribution in [2.75, 3.05) is 7.11 Å². The zero-order chi connectivity index (χ0) is 11.0. The monoisotopic (exact) mass is 200 g/mol. The van der Waals surface area contributed by atoms with Crippen molar-refractivity contribution >= 4 is 11.9 Å². The average Bonchev–Trinajstić information content (AvgIpc) is 2.15. The predicted molar refractivity (Wildman–Crippen MR) is 51.9 cm³/mol. The van der Waals surface area contributed by atoms with Gasteiger partial charge in [-0.2, -0.15) is 0 Å². The highest BCUT2D eigenvalue weighted by Crippen LogP contribution is 2.07. The number of carbonyl (C=O) groups is 2. The van der Waals surface area contributed by atoms with Gasteiger partial charge in [0.25, 0.3) is 0 Å². The van der Waals surface area contributed by atoms with Crippen LogP contribution in [0.5, 0.6) is 0 Å². The molecule has 4 nitrogen and oxygen atoms in total. The van der Waals surface area contributed by atoms with E-state index in [4.69, 9.17) is 5.11 Å². The standard InChI is InChI=1S/C10H16O4/c1-3-4-5-6-8(7-9(11)12)10(13)14-2/h6H,3-5,7H2,1-2H3,(H,11,12)/b8-6+. The summed E-state index contributed by atoms with van der Waals surface area (Å²) in [5.41, 5.74) is 0.230. The molecule has 4 heteroatoms. The van der Waals surface area contributed by atoms with Gasteiger partial charge in [-0.3, -0.25) is 4.79 Å². The molecule has 0 amide bonds. The van der Waals surface area contributed by atoms with Gasteiger partial charge in [0, 0.05) is 5.57 Å². The van der Waals surface area contributed by atoms with E-state index in [0.29, 0.717) is 6.42 Å². The van der Waals surface area contributed by atoms with Crippen molar-refractivity contribution in [2.24, 2.45) is 0 Å². The molecule has 0 aromatic carbocycles. The van der Waals surface area contributed by atoms with E-state index in [2.05, 4.69) is 4.74 Å². The van der Waals surface area contributed by atoms with Crippen LogP contribution >= 0.6 is 0 Å². The lowest BCUT2D eigenvalue weighted by Crippen LogP contribution is -2.09. The lowest BCUT2D eigenvalue weighted by molar-refractivity contribution is -0.141. The Labute approximate surface area is 83.6 Å². The van der Waals surface area contributed by atoms with E-state index >= 15 is 0 Å². The van der Waals surface area contributed by atoms with Crippen molar-refractivity contribution in [1.82, 2.24) is 0 Å². The van der Waals surface area contributed by atoms with Crippen LogP contribution in [0.25, 0.3) is 0 Å². The summed E-state index contributed by atoms with van der Waals surface area (Å²) in [6.45, 7) is 2.03. The first-order valence-electron chi connectivity index (χ1n) is 4.61. The van der Waals surface area contributed by atoms with Gasteiger partial charge in [0.1, 0.15) is 0 Å². The first-order chi connectivity index (χ1) is 6.61. The highest BCUT2D eigenvalue weighted by atomic mass is 16.5. The summed E-state index contributed by atoms with van der Waals surface area (Å²) in [5, 5.41) is 8.54. The van der Waals surface area contributed by atoms with E-state index < -0.39 is 11.9 Å². The van der Waals surface area contributed by atoms with Crippen molar-refractivity contribution in [3.05, 3.63) is 11.6 Å². The van der Waals surface area contributed by atoms with Crippen molar-refractivity contribution < 1.29 is 19.4 Å². The largest absolute Gasteiger partial charge is 0.481 e. The Kier molecular flexibility index (Phi) is 6.45. The highest BCUT2D eigenvalue weighted by molar-refractivity contribution is 5.93. The summed E-state index contributed by atoms with van der Waals surface area (Å²) in [6, 6.07) is 0. The fourth-order valence-electron chi connectivity index (χ4n) is 1.00. The molecular weight excluding hydrogens is 184 g/mol. The Morgan fingerprint density at radius 2 is 2.07 bits per heavy atom. The van der Waals surface area contributed by atoms with Crippen molar-refractivity contribution in [2.45, 2.75) is 32.6 Å². The van der Waals surface area contributed by atoms with Crippen LogP contribution in [0.1, 0.15) is 32.6 Å². The molecule has 0 saturated heterocycles. The number of allylic oxidation sites excluding steroid dienone is 1. The molecule has 0 bridgehead atoms. The second-order valence-electron chi connectivity index (χ2n) is 2.93. The van der Waals surface area contributed by atoms with Gasteiger partial charge in [-0.05, 0) is 6.42 Å². The lowest BCUT2D eigenvalue weighted by Gasteiger charge is -2.01. The number of carboxylic acid groups (broad SMARTS) is 1. The highest BCUT2D eigenvalue weighted by Gasteiger charge is 2.12. The maximum absolute atomic E-state index is 11.1. The molecule has 0 spiro atoms. The number of carboxylic acids is 1. The average molecular weight is 200 g/mol. The summed E-state index contributed by atoms with van der Waals surface area (Å²) in [7, 11) is 1.25. The molecule has 0 saturated carbocycles. The van der Waals surface area contributed by atoms with Gasteiger partial charge in [0.05, 0.1) is 13.5 Å². The zero-order valence-electron chi connectivity index (χ0n) is 8.58. The minimum Gasteiger partial charge on any atom is -0.481 e. The normalized spacial score (nSPS) is 11.1. The number of aliphatic carboxylic acids is 1. The van der Waals surface area contributed by atoms with Gasteiger partial charge in [0.15, 0.2) is 0 Å². The molecular formula is C10H16O4. The summed E-state index contributed by atoms with van der Waals surface area (Å²) < 4.78 is 4.47. The van der Waals surface area contributed by atoms with Crippen LogP contribution in [-0.4, -0.2) is 24.2 Å². The molecule has 0 aromatic rings. The molecule has 0 aliphatic heterocycles. The molecule has 0 radical (unpaired) electrons. The minimum absolute atomic E-state index is 0.230. The fourth-order valence-corrected chi connectivity index (χ4v) is 1.00. The molecule has 0 aliphatic carbocycles. The first-order valence-corrected chi connectivity index (χ1v) is 4.61. The van der Waals surface area contributed by atoms with E-state index in [1.807, 2.05) is 6.92 Å². The number of hydrogen-bond acceptors (Lipinski definition) is 3. The zero-order valence-corrected chi connectivity index (χ0v) is 8.58. The number of methoxy groups -OCH3 is 1. The maximum Gasteiger partial charge on any atom is 0.333 e. The molecule has 0 heterocycles. The van der Waals surface area contributed by atoms with Gasteiger partial charge in [0.2, 0.25) is 0 Å². The summed E-state index contributed by atoms with van der Waals surface area (Å²) >= 11 is 0. The van der Waals surface area contributed by atoms with Crippen molar-refractivity contribution in [1.29, 1.82) is 0 Å². The summed E-state index contributed by atoms with van der Waals surface area (Å²) in [6.07, 6.45) is 4.05. The second kappa shape index (κ2) is 7.12. The van der Waals surface area contributed by atoms with Crippen molar-refractivity contribution in [3.63, 3.8) is 0 Å². The Morgan fingerprint density at radius 1 is 1.43 bits per heavy atom. The third kappa shape index (κ3) is 5.35. The number of carbonyl (C=O) groups excluding carboxylic acids is 1. The molecule has 0 aromatic heterocycles. The molecule has 0 atom stereocenters. The topological polar surface area (TPSA) is 63.6 Å². The molecule has 14 heavy (non-hydrogen) atoms. The van der Waals surface area contributed by atoms with Gasteiger partial charge in [-0.25, -0.2) is 4.79 Å². The molecule has 1 N–H and O–H groups in total. The number of esters is 1. The van der Waals surface area contributed by atoms with Crippen LogP contribution in [0.4, 0.5) is 0 Å². The Hall–Kier alpha value is -1.32. The van der Waals surface area contributed by atoms with E-state index in [-0.39, 0.29) is 12.0 Å². The third-order valence-electron chi connectivity index (χ3n) is 1.74. The minimum atomic E-state index is -1.02. The van der Waals surface area contributed by atoms with Gasteiger partial charge < -0.3 is 9.84 Å². The second-order valence-corrected chi connectivity index (χ2v) is 2.93. The molecule has 0 unspecified atom stereocenters. The number of unbranched alkanes of at least 4 members (excludes halogenated alkanes) is 2. The Balaban J connectivity index is 4.30. The number of rotatable bonds is 6. The van der Waals surface area contributed by atoms with E-state index in [1.54, 1.807) is 6.08 Å². The maximum atomic E-state index is 11.1. The SMILES string of the molecule is CCCC/C=C(\CC(=O)O)C(=O)OC. The van der Waals surface area contributed by atoms with E-state index in [0.717, 1.165) is 12.8 Å². The number of hydrogen-bond donors (Lipinski definition) is 1. The van der Waals surface area contributed by atoms with E-state index in [9.17, 15) is 9.59 Å².